The predicted molar refractivity (Wildman–Crippen MR) is 428 cm³/mol. The van der Waals surface area contributed by atoms with Gasteiger partial charge >= 0.3 is 0 Å². The monoisotopic (exact) mass is 1340 g/mol. The van der Waals surface area contributed by atoms with Crippen LogP contribution in [0.1, 0.15) is 238 Å². The lowest BCUT2D eigenvalue weighted by Gasteiger charge is -2.41. The molecule has 5 aliphatic heterocycles. The van der Waals surface area contributed by atoms with Gasteiger partial charge in [-0.15, -0.1) is 0 Å². The van der Waals surface area contributed by atoms with Crippen molar-refractivity contribution in [3.63, 3.8) is 0 Å². The molecule has 3 saturated heterocycles. The number of benzene rings is 7. The van der Waals surface area contributed by atoms with Crippen LogP contribution in [0.2, 0.25) is 0 Å². The molecule has 1 aliphatic carbocycles. The number of fused-ring (bicyclic) bond motifs is 5. The average Bonchev–Trinajstić information content (AvgIpc) is 1.53. The van der Waals surface area contributed by atoms with E-state index >= 15 is 0 Å². The van der Waals surface area contributed by atoms with Gasteiger partial charge in [0.25, 0.3) is 0 Å². The number of hydrogen-bond acceptors (Lipinski definition) is 7. The van der Waals surface area contributed by atoms with Gasteiger partial charge in [0.2, 0.25) is 0 Å². The van der Waals surface area contributed by atoms with Gasteiger partial charge in [-0.1, -0.05) is 202 Å². The fourth-order valence-electron chi connectivity index (χ4n) is 17.8. The van der Waals surface area contributed by atoms with Crippen molar-refractivity contribution in [2.75, 3.05) is 24.5 Å². The Balaban J connectivity index is 0.000000139. The number of pyridine rings is 1. The molecule has 0 N–H and O–H groups in total. The van der Waals surface area contributed by atoms with E-state index in [0.717, 1.165) is 57.5 Å². The van der Waals surface area contributed by atoms with Crippen LogP contribution in [0.4, 0.5) is 39.9 Å². The topological polar surface area (TPSA) is 42.2 Å². The molecule has 6 aliphatic rings. The minimum atomic E-state index is -2.46. The number of nitrogens with zero attached hydrogens (tertiary/aromatic N) is 6. The fourth-order valence-corrected chi connectivity index (χ4v) is 17.8. The number of hydrogen-bond donors (Lipinski definition) is 0. The average molecular weight is 1340 g/mol. The second-order valence-corrected chi connectivity index (χ2v) is 32.6. The van der Waals surface area contributed by atoms with Crippen LogP contribution in [-0.2, 0) is 10.8 Å². The third-order valence-electron chi connectivity index (χ3n) is 23.8. The maximum absolute atomic E-state index is 9.04. The number of furan rings is 1. The van der Waals surface area contributed by atoms with Gasteiger partial charge in [0.1, 0.15) is 11.4 Å². The van der Waals surface area contributed by atoms with E-state index < -0.39 is 72.4 Å². The summed E-state index contributed by atoms with van der Waals surface area (Å²) in [4.78, 5) is 15.8. The van der Waals surface area contributed by atoms with Crippen LogP contribution in [0.15, 0.2) is 180 Å². The number of anilines is 7. The molecule has 1 saturated carbocycles. The lowest BCUT2D eigenvalue weighted by molar-refractivity contribution is 0.170. The van der Waals surface area contributed by atoms with E-state index in [1.165, 1.54) is 69.8 Å². The molecular weight excluding hydrogens is 1210 g/mol. The van der Waals surface area contributed by atoms with Crippen molar-refractivity contribution in [2.24, 2.45) is 16.2 Å². The highest BCUT2D eigenvalue weighted by Gasteiger charge is 2.55. The molecule has 7 unspecified atom stereocenters. The molecule has 7 heterocycles. The van der Waals surface area contributed by atoms with Crippen LogP contribution in [0.5, 0.6) is 0 Å². The molecule has 7 heteroatoms. The Labute approximate surface area is 615 Å². The third-order valence-corrected chi connectivity index (χ3v) is 23.8. The summed E-state index contributed by atoms with van der Waals surface area (Å²) in [6, 6.07) is 58.3. The summed E-state index contributed by atoms with van der Waals surface area (Å²) in [6.45, 7) is 39.9. The Hall–Kier alpha value is -7.51. The molecule has 7 nitrogen and oxygen atoms in total. The summed E-state index contributed by atoms with van der Waals surface area (Å²) in [5, 5.41) is 1.95. The van der Waals surface area contributed by atoms with Crippen LogP contribution in [0, 0.1) is 50.9 Å². The highest BCUT2D eigenvalue weighted by atomic mass is 16.3. The smallest absolute Gasteiger partial charge is 0.158 e. The fraction of sp³-hybridized carbons (Fsp3) is 0.489. The molecule has 0 radical (unpaired) electrons. The zero-order chi connectivity index (χ0) is 82.1. The molecular formula is C92H122N6O. The second kappa shape index (κ2) is 27.1. The lowest BCUT2D eigenvalue weighted by atomic mass is 9.68. The lowest BCUT2D eigenvalue weighted by Crippen LogP contribution is -2.44. The van der Waals surface area contributed by atoms with Crippen molar-refractivity contribution < 1.29 is 20.9 Å². The normalized spacial score (nSPS) is 29.0. The summed E-state index contributed by atoms with van der Waals surface area (Å²) < 4.78 is 108. The van der Waals surface area contributed by atoms with Gasteiger partial charge in [0.15, 0.2) is 5.58 Å². The first-order chi connectivity index (χ1) is 51.4. The third kappa shape index (κ3) is 13.3. The van der Waals surface area contributed by atoms with Crippen LogP contribution in [0.25, 0.3) is 21.9 Å². The van der Waals surface area contributed by atoms with E-state index in [0.29, 0.717) is 17.7 Å². The van der Waals surface area contributed by atoms with E-state index in [2.05, 4.69) is 206 Å². The molecule has 99 heavy (non-hydrogen) atoms. The highest BCUT2D eigenvalue weighted by Crippen LogP contribution is 2.57. The minimum absolute atomic E-state index is 0.117. The van der Waals surface area contributed by atoms with Crippen LogP contribution in [-0.4, -0.2) is 51.8 Å². The minimum Gasteiger partial charge on any atom is -0.454 e. The van der Waals surface area contributed by atoms with Crippen molar-refractivity contribution in [2.45, 2.75) is 275 Å². The van der Waals surface area contributed by atoms with E-state index in [9.17, 15) is 0 Å². The molecule has 526 valence electrons. The molecule has 1 spiro atoms. The van der Waals surface area contributed by atoms with E-state index in [1.54, 1.807) is 41.5 Å². The summed E-state index contributed by atoms with van der Waals surface area (Å²) in [7, 11) is 0. The van der Waals surface area contributed by atoms with Crippen LogP contribution >= 0.6 is 0 Å². The molecule has 9 aromatic rings. The van der Waals surface area contributed by atoms with Gasteiger partial charge in [-0.05, 0) is 235 Å². The van der Waals surface area contributed by atoms with E-state index in [-0.39, 0.29) is 22.3 Å². The molecule has 7 atom stereocenters. The summed E-state index contributed by atoms with van der Waals surface area (Å²) in [5.41, 5.74) is 11.5. The maximum atomic E-state index is 9.04. The Bertz CT molecular complexity index is 4760. The largest absolute Gasteiger partial charge is 0.454 e. The Morgan fingerprint density at radius 1 is 0.394 bits per heavy atom. The Kier molecular flexibility index (Phi) is 15.9. The Morgan fingerprint density at radius 2 is 0.818 bits per heavy atom. The van der Waals surface area contributed by atoms with Crippen molar-refractivity contribution in [1.29, 1.82) is 0 Å². The number of aryl methyl sites for hydroxylation is 5. The SMILES string of the molecule is Cc1ccccc1N1c2ccccc2C(C)(C)C1C.Cc1ccccc1N1c2ncccc2C(C)(C)C1C.[2H]C([2H])([2H])C1(C)C(C)N(c2c(C)ccc3c2oc2ccccc23)C(C)(C)C1([2H])[2H].[2H]C([2H])([2H])C1(C)C(C)N(c2ccccc2C)C(C)(C)C1([2H])[2H].[2H]C1([2H])C2(CCCCC2)C(C)N(c2ccccc2C)C1(C)C. The van der Waals surface area contributed by atoms with Gasteiger partial charge in [-0.25, -0.2) is 4.98 Å². The van der Waals surface area contributed by atoms with Gasteiger partial charge in [0, 0.05) is 125 Å². The zero-order valence-electron chi connectivity index (χ0n) is 75.8. The van der Waals surface area contributed by atoms with Crippen molar-refractivity contribution in [3.8, 4) is 0 Å². The van der Waals surface area contributed by atoms with Gasteiger partial charge in [-0.2, -0.15) is 0 Å². The Morgan fingerprint density at radius 3 is 1.35 bits per heavy atom. The summed E-state index contributed by atoms with van der Waals surface area (Å²) in [5.74, 6) is 1.11. The quantitative estimate of drug-likeness (QED) is 0.170. The van der Waals surface area contributed by atoms with Crippen LogP contribution < -0.4 is 24.5 Å². The molecule has 0 amide bonds. The molecule has 7 aromatic carbocycles. The van der Waals surface area contributed by atoms with Gasteiger partial charge < -0.3 is 28.9 Å². The predicted octanol–water partition coefficient (Wildman–Crippen LogP) is 25.0. The van der Waals surface area contributed by atoms with Crippen molar-refractivity contribution >= 4 is 61.9 Å². The van der Waals surface area contributed by atoms with Crippen molar-refractivity contribution in [1.82, 2.24) is 4.98 Å². The maximum Gasteiger partial charge on any atom is 0.158 e. The van der Waals surface area contributed by atoms with Gasteiger partial charge in [0.05, 0.1) is 5.69 Å². The number of para-hydroxylation sites is 6. The molecule has 15 rings (SSSR count). The second-order valence-electron chi connectivity index (χ2n) is 32.6. The molecule has 0 bridgehead atoms. The standard InChI is InChI=1S/C22H27NO.C19H29N.C18H21N.C17H20N2.C16H25N/c1-14-11-12-17-16-9-7-8-10-18(16)24-20(17)19(14)23-15(2)21(3,4)13-22(23,5)6;1-15-10-6-7-11-17(15)20-16(2)19(14-18(20,3)4)12-8-5-9-13-19;1-13-9-5-7-11-16(13)19-14(2)18(3,4)15-10-6-8-12-17(15)19;1-12-8-5-6-10-15(12)19-13(2)17(3,4)14-9-7-11-18-16(14)19;1-12-9-7-8-10-14(12)17-13(2)15(3,4)11-16(17,5)6/h7-12,15H,13H2,1-6H3;6-7,10-11,16H,5,8-9,12-14H2,1-4H3;5-12,14H,1-4H3;5-11,13H,1-4H3;7-10,13H,11H2,1-6H3/i3D3,13D2;14D2;;;3D3,11D2. The first-order valence-corrected chi connectivity index (χ1v) is 36.5. The van der Waals surface area contributed by atoms with Crippen LogP contribution in [0.3, 0.4) is 0 Å². The molecule has 2 aromatic heterocycles. The first-order valence-electron chi connectivity index (χ1n) is 42.5. The van der Waals surface area contributed by atoms with Gasteiger partial charge in [-0.3, -0.25) is 0 Å². The number of aromatic nitrogens is 1. The van der Waals surface area contributed by atoms with E-state index in [4.69, 9.17) is 20.9 Å². The highest BCUT2D eigenvalue weighted by molar-refractivity contribution is 6.09. The zero-order valence-corrected chi connectivity index (χ0v) is 63.8. The number of rotatable bonds is 5. The molecule has 4 fully saturated rings. The summed E-state index contributed by atoms with van der Waals surface area (Å²) >= 11 is 0. The first kappa shape index (κ1) is 58.2. The van der Waals surface area contributed by atoms with Crippen molar-refractivity contribution in [3.05, 3.63) is 215 Å². The van der Waals surface area contributed by atoms with E-state index in [1.807, 2.05) is 110 Å². The summed E-state index contributed by atoms with van der Waals surface area (Å²) in [6.07, 6.45) is 2.51.